The molecule has 1 atom stereocenters. The summed E-state index contributed by atoms with van der Waals surface area (Å²) in [6, 6.07) is 9.59. The van der Waals surface area contributed by atoms with E-state index >= 15 is 0 Å². The van der Waals surface area contributed by atoms with E-state index in [1.807, 2.05) is 44.2 Å². The lowest BCUT2D eigenvalue weighted by atomic mass is 9.80. The molecule has 0 saturated carbocycles. The first-order valence-corrected chi connectivity index (χ1v) is 6.10. The van der Waals surface area contributed by atoms with Gasteiger partial charge in [-0.25, -0.2) is 8.78 Å². The Morgan fingerprint density at radius 2 is 1.78 bits per heavy atom. The highest BCUT2D eigenvalue weighted by molar-refractivity contribution is 5.20. The van der Waals surface area contributed by atoms with E-state index in [1.165, 1.54) is 0 Å². The molecular formula is C14H22F2N2. The van der Waals surface area contributed by atoms with Crippen molar-refractivity contribution in [2.24, 2.45) is 11.1 Å². The molecule has 18 heavy (non-hydrogen) atoms. The average molecular weight is 256 g/mol. The van der Waals surface area contributed by atoms with Gasteiger partial charge >= 0.3 is 0 Å². The monoisotopic (exact) mass is 256 g/mol. The first kappa shape index (κ1) is 15.1. The second-order valence-electron chi connectivity index (χ2n) is 5.46. The number of alkyl halides is 2. The van der Waals surface area contributed by atoms with Gasteiger partial charge in [0.15, 0.2) is 0 Å². The molecular weight excluding hydrogens is 234 g/mol. The standard InChI is InChI=1S/C14H22F2N2/c1-14(2,10-18(3)9-12(15)16)13(17)11-7-5-4-6-8-11/h4-8,12-13H,9-10,17H2,1-3H3. The highest BCUT2D eigenvalue weighted by Crippen LogP contribution is 2.31. The van der Waals surface area contributed by atoms with Crippen molar-refractivity contribution in [3.8, 4) is 0 Å². The Morgan fingerprint density at radius 1 is 1.22 bits per heavy atom. The molecule has 0 aliphatic carbocycles. The lowest BCUT2D eigenvalue weighted by Crippen LogP contribution is -2.40. The van der Waals surface area contributed by atoms with Crippen LogP contribution in [-0.4, -0.2) is 31.5 Å². The maximum absolute atomic E-state index is 12.3. The van der Waals surface area contributed by atoms with Crippen molar-refractivity contribution in [2.45, 2.75) is 26.3 Å². The molecule has 2 N–H and O–H groups in total. The van der Waals surface area contributed by atoms with Gasteiger partial charge in [-0.2, -0.15) is 0 Å². The van der Waals surface area contributed by atoms with Crippen molar-refractivity contribution in [3.63, 3.8) is 0 Å². The van der Waals surface area contributed by atoms with Crippen LogP contribution in [0.2, 0.25) is 0 Å². The molecule has 0 aliphatic heterocycles. The van der Waals surface area contributed by atoms with Gasteiger partial charge in [-0.3, -0.25) is 0 Å². The molecule has 1 rings (SSSR count). The number of nitrogens with zero attached hydrogens (tertiary/aromatic N) is 1. The summed E-state index contributed by atoms with van der Waals surface area (Å²) in [4.78, 5) is 1.63. The molecule has 0 amide bonds. The molecule has 0 bridgehead atoms. The molecule has 0 radical (unpaired) electrons. The summed E-state index contributed by atoms with van der Waals surface area (Å²) >= 11 is 0. The number of rotatable bonds is 6. The van der Waals surface area contributed by atoms with Crippen LogP contribution in [0, 0.1) is 5.41 Å². The zero-order valence-electron chi connectivity index (χ0n) is 11.2. The van der Waals surface area contributed by atoms with Crippen molar-refractivity contribution in [3.05, 3.63) is 35.9 Å². The van der Waals surface area contributed by atoms with Crippen LogP contribution in [0.3, 0.4) is 0 Å². The SMILES string of the molecule is CN(CC(F)F)CC(C)(C)C(N)c1ccccc1. The number of hydrogen-bond acceptors (Lipinski definition) is 2. The molecule has 2 nitrogen and oxygen atoms in total. The number of halogens is 2. The molecule has 1 aromatic rings. The molecule has 0 heterocycles. The summed E-state index contributed by atoms with van der Waals surface area (Å²) < 4.78 is 24.6. The Balaban J connectivity index is 2.68. The Kier molecular flexibility index (Phi) is 5.23. The minimum atomic E-state index is -2.31. The first-order valence-electron chi connectivity index (χ1n) is 6.10. The zero-order valence-corrected chi connectivity index (χ0v) is 11.2. The highest BCUT2D eigenvalue weighted by atomic mass is 19.3. The average Bonchev–Trinajstić information content (AvgIpc) is 2.27. The molecule has 1 unspecified atom stereocenters. The smallest absolute Gasteiger partial charge is 0.251 e. The van der Waals surface area contributed by atoms with E-state index in [0.29, 0.717) is 6.54 Å². The predicted molar refractivity (Wildman–Crippen MR) is 70.7 cm³/mol. The lowest BCUT2D eigenvalue weighted by Gasteiger charge is -2.35. The molecule has 0 spiro atoms. The van der Waals surface area contributed by atoms with Gasteiger partial charge in [0.05, 0.1) is 6.54 Å². The number of benzene rings is 1. The fourth-order valence-electron chi connectivity index (χ4n) is 2.21. The van der Waals surface area contributed by atoms with Crippen LogP contribution in [0.15, 0.2) is 30.3 Å². The summed E-state index contributed by atoms with van der Waals surface area (Å²) in [6.07, 6.45) is -2.31. The van der Waals surface area contributed by atoms with Gasteiger partial charge < -0.3 is 10.6 Å². The molecule has 0 aliphatic rings. The van der Waals surface area contributed by atoms with Crippen LogP contribution in [0.1, 0.15) is 25.5 Å². The minimum Gasteiger partial charge on any atom is -0.323 e. The van der Waals surface area contributed by atoms with Gasteiger partial charge in [0, 0.05) is 12.6 Å². The summed E-state index contributed by atoms with van der Waals surface area (Å²) in [5.41, 5.74) is 7.01. The van der Waals surface area contributed by atoms with E-state index in [0.717, 1.165) is 5.56 Å². The third kappa shape index (κ3) is 4.35. The Labute approximate surface area is 108 Å². The summed E-state index contributed by atoms with van der Waals surface area (Å²) in [7, 11) is 1.70. The Hall–Kier alpha value is -1.00. The van der Waals surface area contributed by atoms with E-state index < -0.39 is 6.43 Å². The zero-order chi connectivity index (χ0) is 13.8. The largest absolute Gasteiger partial charge is 0.323 e. The van der Waals surface area contributed by atoms with Gasteiger partial charge in [0.25, 0.3) is 6.43 Å². The highest BCUT2D eigenvalue weighted by Gasteiger charge is 2.29. The second-order valence-corrected chi connectivity index (χ2v) is 5.46. The predicted octanol–water partition coefficient (Wildman–Crippen LogP) is 2.91. The van der Waals surface area contributed by atoms with Crippen molar-refractivity contribution in [2.75, 3.05) is 20.1 Å². The van der Waals surface area contributed by atoms with Crippen LogP contribution >= 0.6 is 0 Å². The van der Waals surface area contributed by atoms with E-state index in [1.54, 1.807) is 11.9 Å². The van der Waals surface area contributed by atoms with E-state index in [9.17, 15) is 8.78 Å². The molecule has 102 valence electrons. The van der Waals surface area contributed by atoms with Crippen molar-refractivity contribution >= 4 is 0 Å². The van der Waals surface area contributed by atoms with Gasteiger partial charge in [-0.05, 0) is 18.0 Å². The molecule has 4 heteroatoms. The third-order valence-electron chi connectivity index (χ3n) is 3.13. The quantitative estimate of drug-likeness (QED) is 0.848. The van der Waals surface area contributed by atoms with Crippen LogP contribution in [0.5, 0.6) is 0 Å². The summed E-state index contributed by atoms with van der Waals surface area (Å²) in [6.45, 7) is 4.33. The Morgan fingerprint density at radius 3 is 2.28 bits per heavy atom. The van der Waals surface area contributed by atoms with Gasteiger partial charge in [0.2, 0.25) is 0 Å². The molecule has 0 fully saturated rings. The van der Waals surface area contributed by atoms with Crippen molar-refractivity contribution in [1.82, 2.24) is 4.90 Å². The maximum atomic E-state index is 12.3. The number of hydrogen-bond donors (Lipinski definition) is 1. The second kappa shape index (κ2) is 6.25. The normalized spacial score (nSPS) is 14.2. The third-order valence-corrected chi connectivity index (χ3v) is 3.13. The van der Waals surface area contributed by atoms with Crippen molar-refractivity contribution in [1.29, 1.82) is 0 Å². The van der Waals surface area contributed by atoms with Crippen LogP contribution in [0.4, 0.5) is 8.78 Å². The Bertz CT molecular complexity index is 352. The summed E-state index contributed by atoms with van der Waals surface area (Å²) in [5.74, 6) is 0. The van der Waals surface area contributed by atoms with E-state index in [2.05, 4.69) is 0 Å². The lowest BCUT2D eigenvalue weighted by molar-refractivity contribution is 0.0765. The fourth-order valence-corrected chi connectivity index (χ4v) is 2.21. The van der Waals surface area contributed by atoms with E-state index in [4.69, 9.17) is 5.73 Å². The minimum absolute atomic E-state index is 0.168. The molecule has 0 aromatic heterocycles. The fraction of sp³-hybridized carbons (Fsp3) is 0.571. The molecule has 0 saturated heterocycles. The topological polar surface area (TPSA) is 29.3 Å². The van der Waals surface area contributed by atoms with Crippen molar-refractivity contribution < 1.29 is 8.78 Å². The van der Waals surface area contributed by atoms with Crippen LogP contribution < -0.4 is 5.73 Å². The molecule has 1 aromatic carbocycles. The van der Waals surface area contributed by atoms with Gasteiger partial charge in [0.1, 0.15) is 0 Å². The number of nitrogens with two attached hydrogens (primary N) is 1. The van der Waals surface area contributed by atoms with Crippen LogP contribution in [0.25, 0.3) is 0 Å². The maximum Gasteiger partial charge on any atom is 0.251 e. The first-order chi connectivity index (χ1) is 8.33. The summed E-state index contributed by atoms with van der Waals surface area (Å²) in [5, 5.41) is 0. The van der Waals surface area contributed by atoms with E-state index in [-0.39, 0.29) is 18.0 Å². The van der Waals surface area contributed by atoms with Gasteiger partial charge in [-0.15, -0.1) is 0 Å². The van der Waals surface area contributed by atoms with Crippen LogP contribution in [-0.2, 0) is 0 Å². The van der Waals surface area contributed by atoms with Gasteiger partial charge in [-0.1, -0.05) is 44.2 Å².